The van der Waals surface area contributed by atoms with Gasteiger partial charge in [0.1, 0.15) is 0 Å². The van der Waals surface area contributed by atoms with Gasteiger partial charge in [0.25, 0.3) is 0 Å². The summed E-state index contributed by atoms with van der Waals surface area (Å²) in [4.78, 5) is 33.0. The van der Waals surface area contributed by atoms with Gasteiger partial charge in [-0.15, -0.1) is 0 Å². The van der Waals surface area contributed by atoms with E-state index in [9.17, 15) is 9.59 Å². The second kappa shape index (κ2) is 10.4. The van der Waals surface area contributed by atoms with Crippen molar-refractivity contribution in [3.8, 4) is 0 Å². The molecule has 2 fully saturated rings. The van der Waals surface area contributed by atoms with Gasteiger partial charge in [0.15, 0.2) is 0 Å². The minimum Gasteiger partial charge on any atom is -0.379 e. The van der Waals surface area contributed by atoms with Crippen LogP contribution in [0.4, 0.5) is 0 Å². The number of nitrogens with zero attached hydrogens (tertiary/aromatic N) is 3. The summed E-state index contributed by atoms with van der Waals surface area (Å²) in [5.41, 5.74) is 1.18. The highest BCUT2D eigenvalue weighted by Gasteiger charge is 2.30. The van der Waals surface area contributed by atoms with Crippen molar-refractivity contribution in [2.45, 2.75) is 25.7 Å². The molecule has 2 aliphatic rings. The zero-order valence-corrected chi connectivity index (χ0v) is 15.9. The predicted molar refractivity (Wildman–Crippen MR) is 102 cm³/mol. The van der Waals surface area contributed by atoms with E-state index < -0.39 is 0 Å². The minimum atomic E-state index is -0.0919. The van der Waals surface area contributed by atoms with Crippen molar-refractivity contribution in [3.05, 3.63) is 30.1 Å². The van der Waals surface area contributed by atoms with Crippen LogP contribution in [0.5, 0.6) is 0 Å². The Morgan fingerprint density at radius 2 is 2.15 bits per heavy atom. The van der Waals surface area contributed by atoms with Crippen LogP contribution in [0.25, 0.3) is 0 Å². The number of nitrogens with one attached hydrogen (secondary N) is 1. The number of hydrogen-bond donors (Lipinski definition) is 1. The number of carbonyl (C=O) groups is 2. The van der Waals surface area contributed by atoms with E-state index in [2.05, 4.69) is 15.2 Å². The van der Waals surface area contributed by atoms with Crippen molar-refractivity contribution >= 4 is 11.8 Å². The maximum Gasteiger partial charge on any atom is 0.224 e. The average molecular weight is 374 g/mol. The van der Waals surface area contributed by atoms with Crippen molar-refractivity contribution < 1.29 is 14.3 Å². The minimum absolute atomic E-state index is 0.0741. The highest BCUT2D eigenvalue weighted by molar-refractivity contribution is 5.83. The molecule has 0 unspecified atom stereocenters. The van der Waals surface area contributed by atoms with Gasteiger partial charge >= 0.3 is 0 Å². The molecule has 0 bridgehead atoms. The Labute approximate surface area is 161 Å². The lowest BCUT2D eigenvalue weighted by Gasteiger charge is -2.34. The fourth-order valence-electron chi connectivity index (χ4n) is 3.63. The van der Waals surface area contributed by atoms with Gasteiger partial charge in [0.05, 0.1) is 19.1 Å². The molecule has 148 valence electrons. The van der Waals surface area contributed by atoms with Crippen LogP contribution in [-0.2, 0) is 20.7 Å². The van der Waals surface area contributed by atoms with E-state index in [1.807, 2.05) is 23.2 Å². The maximum absolute atomic E-state index is 12.5. The van der Waals surface area contributed by atoms with Gasteiger partial charge in [0, 0.05) is 58.1 Å². The van der Waals surface area contributed by atoms with Gasteiger partial charge in [-0.25, -0.2) is 0 Å². The summed E-state index contributed by atoms with van der Waals surface area (Å²) in [6.45, 7) is 6.11. The Morgan fingerprint density at radius 3 is 2.93 bits per heavy atom. The molecule has 1 N–H and O–H groups in total. The lowest BCUT2D eigenvalue weighted by atomic mass is 9.96. The second-order valence-corrected chi connectivity index (χ2v) is 7.29. The third-order valence-corrected chi connectivity index (χ3v) is 5.33. The Bertz CT molecular complexity index is 605. The van der Waals surface area contributed by atoms with E-state index >= 15 is 0 Å². The van der Waals surface area contributed by atoms with Crippen molar-refractivity contribution in [2.24, 2.45) is 5.92 Å². The molecule has 2 amide bonds. The molecule has 1 aromatic rings. The smallest absolute Gasteiger partial charge is 0.224 e. The van der Waals surface area contributed by atoms with E-state index in [0.717, 1.165) is 45.7 Å². The van der Waals surface area contributed by atoms with Crippen LogP contribution in [0, 0.1) is 5.92 Å². The molecule has 7 heteroatoms. The summed E-state index contributed by atoms with van der Waals surface area (Å²) in [6, 6.07) is 3.98. The number of morpholine rings is 1. The van der Waals surface area contributed by atoms with Crippen LogP contribution in [0.15, 0.2) is 24.5 Å². The molecule has 0 radical (unpaired) electrons. The van der Waals surface area contributed by atoms with E-state index in [4.69, 9.17) is 4.74 Å². The fourth-order valence-corrected chi connectivity index (χ4v) is 3.63. The zero-order valence-electron chi connectivity index (χ0n) is 15.9. The van der Waals surface area contributed by atoms with Gasteiger partial charge in [-0.3, -0.25) is 19.5 Å². The lowest BCUT2D eigenvalue weighted by Crippen LogP contribution is -2.49. The number of aromatic nitrogens is 1. The molecule has 3 rings (SSSR count). The summed E-state index contributed by atoms with van der Waals surface area (Å²) in [5, 5.41) is 3.04. The van der Waals surface area contributed by atoms with Crippen molar-refractivity contribution in [2.75, 3.05) is 52.5 Å². The molecule has 7 nitrogen and oxygen atoms in total. The molecule has 2 aliphatic heterocycles. The van der Waals surface area contributed by atoms with Gasteiger partial charge in [-0.2, -0.15) is 0 Å². The number of piperidine rings is 1. The number of rotatable bonds is 8. The molecule has 1 atom stereocenters. The number of carbonyl (C=O) groups excluding carboxylic acids is 2. The first-order chi connectivity index (χ1) is 13.2. The molecule has 0 spiro atoms. The summed E-state index contributed by atoms with van der Waals surface area (Å²) in [6.07, 6.45) is 6.55. The first-order valence-corrected chi connectivity index (χ1v) is 9.97. The molecular weight excluding hydrogens is 344 g/mol. The van der Waals surface area contributed by atoms with Gasteiger partial charge in [-0.1, -0.05) is 6.07 Å². The molecule has 0 aliphatic carbocycles. The molecule has 27 heavy (non-hydrogen) atoms. The summed E-state index contributed by atoms with van der Waals surface area (Å²) < 4.78 is 5.36. The lowest BCUT2D eigenvalue weighted by molar-refractivity contribution is -0.138. The third kappa shape index (κ3) is 6.29. The normalized spacial score (nSPS) is 21.3. The maximum atomic E-state index is 12.5. The summed E-state index contributed by atoms with van der Waals surface area (Å²) in [7, 11) is 0. The van der Waals surface area contributed by atoms with Gasteiger partial charge in [-0.05, 0) is 30.9 Å². The van der Waals surface area contributed by atoms with Crippen LogP contribution in [0.2, 0.25) is 0 Å². The number of hydrogen-bond acceptors (Lipinski definition) is 5. The predicted octanol–water partition coefficient (Wildman–Crippen LogP) is 0.701. The molecular formula is C20H30N4O3. The van der Waals surface area contributed by atoms with Crippen molar-refractivity contribution in [3.63, 3.8) is 0 Å². The first kappa shape index (κ1) is 19.8. The molecule has 0 saturated carbocycles. The largest absolute Gasteiger partial charge is 0.379 e. The SMILES string of the molecule is O=C(NCCCc1cccnc1)[C@H]1CCC(=O)N(CCN2CCOCC2)C1. The van der Waals surface area contributed by atoms with Crippen LogP contribution in [0.3, 0.4) is 0 Å². The second-order valence-electron chi connectivity index (χ2n) is 7.29. The molecule has 1 aromatic heterocycles. The number of pyridine rings is 1. The highest BCUT2D eigenvalue weighted by Crippen LogP contribution is 2.18. The quantitative estimate of drug-likeness (QED) is 0.678. The van der Waals surface area contributed by atoms with Crippen molar-refractivity contribution in [1.82, 2.24) is 20.1 Å². The average Bonchev–Trinajstić information content (AvgIpc) is 2.72. The zero-order chi connectivity index (χ0) is 18.9. The van der Waals surface area contributed by atoms with Gasteiger partial charge < -0.3 is 15.0 Å². The third-order valence-electron chi connectivity index (χ3n) is 5.33. The number of ether oxygens (including phenoxy) is 1. The monoisotopic (exact) mass is 374 g/mol. The topological polar surface area (TPSA) is 74.8 Å². The standard InChI is InChI=1S/C20H30N4O3/c25-19-6-5-18(16-24(19)10-9-23-11-13-27-14-12-23)20(26)22-8-2-4-17-3-1-7-21-15-17/h1,3,7,15,18H,2,4-6,8-14,16H2,(H,22,26)/t18-/m0/s1. The van der Waals surface area contributed by atoms with Crippen LogP contribution in [-0.4, -0.2) is 79.1 Å². The van der Waals surface area contributed by atoms with Crippen molar-refractivity contribution in [1.29, 1.82) is 0 Å². The van der Waals surface area contributed by atoms with E-state index in [0.29, 0.717) is 32.5 Å². The fraction of sp³-hybridized carbons (Fsp3) is 0.650. The Hall–Kier alpha value is -1.99. The highest BCUT2D eigenvalue weighted by atomic mass is 16.5. The van der Waals surface area contributed by atoms with Crippen LogP contribution in [0.1, 0.15) is 24.8 Å². The Kier molecular flexibility index (Phi) is 7.59. The Morgan fingerprint density at radius 1 is 1.30 bits per heavy atom. The molecule has 0 aromatic carbocycles. The number of likely N-dealkylation sites (tertiary alicyclic amines) is 1. The van der Waals surface area contributed by atoms with Gasteiger partial charge in [0.2, 0.25) is 11.8 Å². The summed E-state index contributed by atoms with van der Waals surface area (Å²) >= 11 is 0. The molecule has 2 saturated heterocycles. The van der Waals surface area contributed by atoms with E-state index in [1.54, 1.807) is 6.20 Å². The van der Waals surface area contributed by atoms with E-state index in [-0.39, 0.29) is 17.7 Å². The number of aryl methyl sites for hydroxylation is 1. The summed E-state index contributed by atoms with van der Waals surface area (Å²) in [5.74, 6) is 0.153. The molecule has 3 heterocycles. The van der Waals surface area contributed by atoms with Crippen LogP contribution >= 0.6 is 0 Å². The van der Waals surface area contributed by atoms with Crippen LogP contribution < -0.4 is 5.32 Å². The Balaban J connectivity index is 1.37. The van der Waals surface area contributed by atoms with E-state index in [1.165, 1.54) is 5.56 Å². The first-order valence-electron chi connectivity index (χ1n) is 9.97. The number of amides is 2.